The fourth-order valence-electron chi connectivity index (χ4n) is 3.29. The Morgan fingerprint density at radius 3 is 2.50 bits per heavy atom. The molecule has 0 bridgehead atoms. The van der Waals surface area contributed by atoms with Gasteiger partial charge in [-0.25, -0.2) is 17.7 Å². The molecule has 0 atom stereocenters. The van der Waals surface area contributed by atoms with E-state index in [2.05, 4.69) is 9.88 Å². The molecule has 1 aliphatic rings. The number of benzene rings is 2. The summed E-state index contributed by atoms with van der Waals surface area (Å²) in [6.07, 6.45) is 0. The van der Waals surface area contributed by atoms with Gasteiger partial charge in [-0.05, 0) is 24.3 Å². The molecule has 1 aromatic heterocycles. The molecule has 0 saturated heterocycles. The van der Waals surface area contributed by atoms with Gasteiger partial charge in [-0.2, -0.15) is 0 Å². The number of carbonyl (C=O) groups excluding carboxylic acids is 1. The number of carbonyl (C=O) groups is 1. The third-order valence-electron chi connectivity index (χ3n) is 4.94. The van der Waals surface area contributed by atoms with Crippen molar-refractivity contribution in [3.05, 3.63) is 65.9 Å². The maximum absolute atomic E-state index is 12.7. The van der Waals surface area contributed by atoms with Crippen molar-refractivity contribution in [2.24, 2.45) is 0 Å². The van der Waals surface area contributed by atoms with Crippen molar-refractivity contribution in [3.8, 4) is 11.3 Å². The summed E-state index contributed by atoms with van der Waals surface area (Å²) < 4.78 is 27.7. The molecule has 0 aliphatic carbocycles. The predicted octanol–water partition coefficient (Wildman–Crippen LogP) is 2.84. The summed E-state index contributed by atoms with van der Waals surface area (Å²) in [5.74, 6) is 0.712. The summed E-state index contributed by atoms with van der Waals surface area (Å²) in [5.41, 5.74) is 3.28. The van der Waals surface area contributed by atoms with Crippen LogP contribution in [0.3, 0.4) is 0 Å². The van der Waals surface area contributed by atoms with Crippen molar-refractivity contribution < 1.29 is 13.2 Å². The van der Waals surface area contributed by atoms with Crippen LogP contribution in [0.2, 0.25) is 0 Å². The zero-order valence-corrected chi connectivity index (χ0v) is 18.3. The molecule has 156 valence electrons. The third-order valence-corrected chi connectivity index (χ3v) is 7.73. The van der Waals surface area contributed by atoms with Crippen molar-refractivity contribution in [2.75, 3.05) is 19.8 Å². The van der Waals surface area contributed by atoms with Crippen LogP contribution in [0.4, 0.5) is 0 Å². The molecule has 9 heteroatoms. The van der Waals surface area contributed by atoms with Crippen molar-refractivity contribution in [1.29, 1.82) is 0 Å². The summed E-state index contributed by atoms with van der Waals surface area (Å²) >= 11 is 1.71. The van der Waals surface area contributed by atoms with E-state index in [0.29, 0.717) is 12.1 Å². The van der Waals surface area contributed by atoms with Gasteiger partial charge in [0.2, 0.25) is 10.0 Å². The molecule has 1 aliphatic heterocycles. The number of hydrogen-bond acceptors (Lipinski definition) is 5. The predicted molar refractivity (Wildman–Crippen MR) is 117 cm³/mol. The monoisotopic (exact) mass is 442 g/mol. The molecule has 0 spiro atoms. The van der Waals surface area contributed by atoms with Gasteiger partial charge in [0, 0.05) is 37.5 Å². The second-order valence-electron chi connectivity index (χ2n) is 7.05. The van der Waals surface area contributed by atoms with E-state index in [1.165, 1.54) is 38.4 Å². The number of fused-ring (bicyclic) bond motifs is 1. The highest BCUT2D eigenvalue weighted by atomic mass is 32.2. The van der Waals surface area contributed by atoms with Crippen LogP contribution in [0.15, 0.2) is 64.6 Å². The number of imidazole rings is 1. The fraction of sp³-hybridized carbons (Fsp3) is 0.238. The first kappa shape index (κ1) is 20.6. The quantitative estimate of drug-likeness (QED) is 0.635. The Labute approximate surface area is 180 Å². The third kappa shape index (κ3) is 3.88. The van der Waals surface area contributed by atoms with Gasteiger partial charge < -0.3 is 9.88 Å². The average molecular weight is 443 g/mol. The number of hydrogen-bond donors (Lipinski definition) is 1. The Kier molecular flexibility index (Phi) is 5.68. The Balaban J connectivity index is 1.54. The highest BCUT2D eigenvalue weighted by Crippen LogP contribution is 2.33. The van der Waals surface area contributed by atoms with Gasteiger partial charge >= 0.3 is 0 Å². The normalized spacial score (nSPS) is 13.4. The van der Waals surface area contributed by atoms with E-state index in [4.69, 9.17) is 4.98 Å². The van der Waals surface area contributed by atoms with Gasteiger partial charge in [0.15, 0.2) is 5.16 Å². The first-order chi connectivity index (χ1) is 14.4. The van der Waals surface area contributed by atoms with E-state index in [1.54, 1.807) is 11.8 Å². The molecule has 2 heterocycles. The van der Waals surface area contributed by atoms with Gasteiger partial charge in [0.1, 0.15) is 0 Å². The van der Waals surface area contributed by atoms with E-state index in [0.717, 1.165) is 38.7 Å². The Morgan fingerprint density at radius 1 is 1.13 bits per heavy atom. The molecule has 0 radical (unpaired) electrons. The van der Waals surface area contributed by atoms with Crippen molar-refractivity contribution in [3.63, 3.8) is 0 Å². The van der Waals surface area contributed by atoms with Crippen molar-refractivity contribution >= 4 is 27.7 Å². The van der Waals surface area contributed by atoms with E-state index >= 15 is 0 Å². The number of nitrogens with zero attached hydrogens (tertiary/aromatic N) is 3. The van der Waals surface area contributed by atoms with Gasteiger partial charge in [-0.15, -0.1) is 0 Å². The molecule has 0 fully saturated rings. The van der Waals surface area contributed by atoms with E-state index in [9.17, 15) is 13.2 Å². The molecule has 4 rings (SSSR count). The van der Waals surface area contributed by atoms with Crippen LogP contribution in [-0.2, 0) is 23.1 Å². The SMILES string of the molecule is CN(C)S(=O)(=O)c1ccc(C(=O)NCc2c(-c3ccccc3)nc3n2CCS3)cc1. The standard InChI is InChI=1S/C21H22N4O3S2/c1-24(2)30(27,28)17-10-8-16(9-11-17)20(26)22-14-18-19(15-6-4-3-5-7-15)23-21-25(18)12-13-29-21/h3-11H,12-14H2,1-2H3,(H,22,26). The molecule has 1 amide bonds. The van der Waals surface area contributed by atoms with Crippen LogP contribution in [0.25, 0.3) is 11.3 Å². The minimum Gasteiger partial charge on any atom is -0.346 e. The largest absolute Gasteiger partial charge is 0.346 e. The Hall–Kier alpha value is -2.62. The van der Waals surface area contributed by atoms with Crippen molar-refractivity contribution in [2.45, 2.75) is 23.1 Å². The smallest absolute Gasteiger partial charge is 0.251 e. The zero-order chi connectivity index (χ0) is 21.3. The van der Waals surface area contributed by atoms with Crippen LogP contribution in [0.5, 0.6) is 0 Å². The lowest BCUT2D eigenvalue weighted by molar-refractivity contribution is 0.0950. The average Bonchev–Trinajstić information content (AvgIpc) is 3.34. The second kappa shape index (κ2) is 8.25. The van der Waals surface area contributed by atoms with Crippen LogP contribution in [-0.4, -0.2) is 48.0 Å². The number of nitrogens with one attached hydrogen (secondary N) is 1. The summed E-state index contributed by atoms with van der Waals surface area (Å²) in [5, 5.41) is 3.92. The maximum atomic E-state index is 12.7. The van der Waals surface area contributed by atoms with Gasteiger partial charge in [0.25, 0.3) is 5.91 Å². The van der Waals surface area contributed by atoms with Gasteiger partial charge in [0.05, 0.1) is 22.8 Å². The van der Waals surface area contributed by atoms with Crippen molar-refractivity contribution in [1.82, 2.24) is 19.2 Å². The molecule has 0 unspecified atom stereocenters. The lowest BCUT2D eigenvalue weighted by atomic mass is 10.1. The molecule has 3 aromatic rings. The lowest BCUT2D eigenvalue weighted by Gasteiger charge is -2.12. The topological polar surface area (TPSA) is 84.3 Å². The minimum atomic E-state index is -3.52. The number of amides is 1. The summed E-state index contributed by atoms with van der Waals surface area (Å²) in [4.78, 5) is 17.6. The van der Waals surface area contributed by atoms with Crippen LogP contribution >= 0.6 is 11.8 Å². The number of sulfonamides is 1. The first-order valence-corrected chi connectivity index (χ1v) is 11.9. The molecule has 0 saturated carbocycles. The highest BCUT2D eigenvalue weighted by Gasteiger charge is 2.23. The van der Waals surface area contributed by atoms with Crippen LogP contribution < -0.4 is 5.32 Å². The van der Waals surface area contributed by atoms with Gasteiger partial charge in [-0.3, -0.25) is 4.79 Å². The summed E-state index contributed by atoms with van der Waals surface area (Å²) in [6.45, 7) is 1.20. The molecule has 30 heavy (non-hydrogen) atoms. The van der Waals surface area contributed by atoms with E-state index in [-0.39, 0.29) is 10.8 Å². The fourth-order valence-corrected chi connectivity index (χ4v) is 5.17. The molecule has 1 N–H and O–H groups in total. The highest BCUT2D eigenvalue weighted by molar-refractivity contribution is 7.99. The number of rotatable bonds is 6. The molecule has 2 aromatic carbocycles. The summed E-state index contributed by atoms with van der Waals surface area (Å²) in [6, 6.07) is 15.9. The van der Waals surface area contributed by atoms with Crippen LogP contribution in [0, 0.1) is 0 Å². The van der Waals surface area contributed by atoms with E-state index in [1.807, 2.05) is 30.3 Å². The Bertz CT molecular complexity index is 1170. The second-order valence-corrected chi connectivity index (χ2v) is 10.3. The first-order valence-electron chi connectivity index (χ1n) is 9.46. The minimum absolute atomic E-state index is 0.154. The molecular weight excluding hydrogens is 420 g/mol. The zero-order valence-electron chi connectivity index (χ0n) is 16.7. The lowest BCUT2D eigenvalue weighted by Crippen LogP contribution is -2.25. The summed E-state index contributed by atoms with van der Waals surface area (Å²) in [7, 11) is -0.573. The molecular formula is C21H22N4O3S2. The number of thioether (sulfide) groups is 1. The van der Waals surface area contributed by atoms with Gasteiger partial charge in [-0.1, -0.05) is 42.1 Å². The Morgan fingerprint density at radius 2 is 1.83 bits per heavy atom. The number of aromatic nitrogens is 2. The van der Waals surface area contributed by atoms with E-state index < -0.39 is 10.0 Å². The van der Waals surface area contributed by atoms with Crippen LogP contribution in [0.1, 0.15) is 16.1 Å². The molecule has 7 nitrogen and oxygen atoms in total. The maximum Gasteiger partial charge on any atom is 0.251 e.